The molecule has 1 heterocycles. The molecule has 0 radical (unpaired) electrons. The van der Waals surface area contributed by atoms with Gasteiger partial charge in [0.25, 0.3) is 0 Å². The second kappa shape index (κ2) is 6.53. The highest BCUT2D eigenvalue weighted by Gasteiger charge is 2.32. The average Bonchev–Trinajstić information content (AvgIpc) is 3.04. The summed E-state index contributed by atoms with van der Waals surface area (Å²) in [5.41, 5.74) is 5.73. The van der Waals surface area contributed by atoms with Crippen molar-refractivity contribution in [2.24, 2.45) is 23.5 Å². The lowest BCUT2D eigenvalue weighted by Gasteiger charge is -2.19. The van der Waals surface area contributed by atoms with Gasteiger partial charge in [0.1, 0.15) is 0 Å². The highest BCUT2D eigenvalue weighted by molar-refractivity contribution is 5.79. The van der Waals surface area contributed by atoms with E-state index in [0.29, 0.717) is 18.4 Å². The first-order chi connectivity index (χ1) is 8.74. The summed E-state index contributed by atoms with van der Waals surface area (Å²) in [5.74, 6) is 1.49. The molecule has 3 atom stereocenters. The zero-order chi connectivity index (χ0) is 13.0. The van der Waals surface area contributed by atoms with Gasteiger partial charge in [0.05, 0.1) is 0 Å². The van der Waals surface area contributed by atoms with E-state index in [9.17, 15) is 4.79 Å². The first-order valence-corrected chi connectivity index (χ1v) is 7.44. The van der Waals surface area contributed by atoms with Crippen molar-refractivity contribution in [3.63, 3.8) is 0 Å². The highest BCUT2D eigenvalue weighted by atomic mass is 16.1. The summed E-state index contributed by atoms with van der Waals surface area (Å²) in [5, 5.41) is 3.15. The molecule has 4 heteroatoms. The molecule has 1 aliphatic carbocycles. The van der Waals surface area contributed by atoms with E-state index in [4.69, 9.17) is 5.73 Å². The van der Waals surface area contributed by atoms with Crippen LogP contribution in [0, 0.1) is 17.8 Å². The molecule has 18 heavy (non-hydrogen) atoms. The summed E-state index contributed by atoms with van der Waals surface area (Å²) >= 11 is 0. The third-order valence-electron chi connectivity index (χ3n) is 4.68. The largest absolute Gasteiger partial charge is 0.356 e. The van der Waals surface area contributed by atoms with E-state index in [-0.39, 0.29) is 11.8 Å². The Balaban J connectivity index is 1.72. The van der Waals surface area contributed by atoms with E-state index in [1.165, 1.54) is 13.0 Å². The zero-order valence-electron chi connectivity index (χ0n) is 11.5. The molecule has 104 valence electrons. The minimum atomic E-state index is 0.179. The van der Waals surface area contributed by atoms with Crippen LogP contribution in [0.25, 0.3) is 0 Å². The monoisotopic (exact) mass is 253 g/mol. The molecule has 2 fully saturated rings. The molecule has 1 saturated carbocycles. The number of rotatable bonds is 5. The van der Waals surface area contributed by atoms with E-state index in [2.05, 4.69) is 17.1 Å². The van der Waals surface area contributed by atoms with Gasteiger partial charge in [-0.15, -0.1) is 0 Å². The fraction of sp³-hybridized carbons (Fsp3) is 0.929. The molecule has 0 aromatic rings. The molecule has 1 amide bonds. The van der Waals surface area contributed by atoms with Crippen molar-refractivity contribution < 1.29 is 4.79 Å². The van der Waals surface area contributed by atoms with Gasteiger partial charge in [0.15, 0.2) is 0 Å². The summed E-state index contributed by atoms with van der Waals surface area (Å²) in [6.45, 7) is 7.16. The van der Waals surface area contributed by atoms with Gasteiger partial charge in [0, 0.05) is 19.0 Å². The highest BCUT2D eigenvalue weighted by Crippen LogP contribution is 2.31. The Kier molecular flexibility index (Phi) is 5.01. The predicted octanol–water partition coefficient (Wildman–Crippen LogP) is 0.819. The zero-order valence-corrected chi connectivity index (χ0v) is 11.5. The molecule has 0 spiro atoms. The normalized spacial score (nSPS) is 32.9. The maximum atomic E-state index is 12.1. The summed E-state index contributed by atoms with van der Waals surface area (Å²) in [6, 6.07) is 0. The van der Waals surface area contributed by atoms with Crippen LogP contribution in [0.5, 0.6) is 0 Å². The lowest BCUT2D eigenvalue weighted by atomic mass is 9.95. The summed E-state index contributed by atoms with van der Waals surface area (Å²) < 4.78 is 0. The maximum Gasteiger partial charge on any atom is 0.223 e. The van der Waals surface area contributed by atoms with Gasteiger partial charge in [0.2, 0.25) is 5.91 Å². The van der Waals surface area contributed by atoms with E-state index < -0.39 is 0 Å². The Morgan fingerprint density at radius 2 is 2.22 bits per heavy atom. The predicted molar refractivity (Wildman–Crippen MR) is 73.1 cm³/mol. The number of carbonyl (C=O) groups is 1. The number of amides is 1. The number of nitrogens with two attached hydrogens (primary N) is 1. The van der Waals surface area contributed by atoms with Crippen LogP contribution in [0.1, 0.15) is 32.6 Å². The van der Waals surface area contributed by atoms with E-state index in [1.807, 2.05) is 0 Å². The first kappa shape index (κ1) is 13.8. The fourth-order valence-electron chi connectivity index (χ4n) is 3.41. The topological polar surface area (TPSA) is 58.4 Å². The number of nitrogens with one attached hydrogen (secondary N) is 1. The van der Waals surface area contributed by atoms with Gasteiger partial charge >= 0.3 is 0 Å². The molecule has 1 saturated heterocycles. The van der Waals surface area contributed by atoms with Crippen LogP contribution >= 0.6 is 0 Å². The summed E-state index contributed by atoms with van der Waals surface area (Å²) in [6.07, 6.45) is 4.53. The Hall–Kier alpha value is -0.610. The SMILES string of the molecule is CCN1CCC(CNC(=O)C2CCCC2CN)C1. The molecule has 2 aliphatic rings. The number of likely N-dealkylation sites (tertiary alicyclic amines) is 1. The van der Waals surface area contributed by atoms with Crippen molar-refractivity contribution in [1.82, 2.24) is 10.2 Å². The summed E-state index contributed by atoms with van der Waals surface area (Å²) in [4.78, 5) is 14.6. The van der Waals surface area contributed by atoms with Gasteiger partial charge in [-0.05, 0) is 50.7 Å². The maximum absolute atomic E-state index is 12.1. The van der Waals surface area contributed by atoms with Crippen molar-refractivity contribution in [2.45, 2.75) is 32.6 Å². The number of hydrogen-bond acceptors (Lipinski definition) is 3. The number of hydrogen-bond donors (Lipinski definition) is 2. The van der Waals surface area contributed by atoms with Crippen molar-refractivity contribution in [3.05, 3.63) is 0 Å². The second-order valence-electron chi connectivity index (χ2n) is 5.83. The van der Waals surface area contributed by atoms with Crippen molar-refractivity contribution >= 4 is 5.91 Å². The molecular weight excluding hydrogens is 226 g/mol. The van der Waals surface area contributed by atoms with Crippen LogP contribution < -0.4 is 11.1 Å². The Morgan fingerprint density at radius 1 is 1.39 bits per heavy atom. The Morgan fingerprint density at radius 3 is 2.89 bits per heavy atom. The fourth-order valence-corrected chi connectivity index (χ4v) is 3.41. The van der Waals surface area contributed by atoms with Gasteiger partial charge in [-0.2, -0.15) is 0 Å². The van der Waals surface area contributed by atoms with E-state index in [1.54, 1.807) is 0 Å². The molecule has 2 rings (SSSR count). The smallest absolute Gasteiger partial charge is 0.223 e. The molecule has 1 aliphatic heterocycles. The minimum Gasteiger partial charge on any atom is -0.356 e. The second-order valence-corrected chi connectivity index (χ2v) is 5.83. The van der Waals surface area contributed by atoms with Gasteiger partial charge < -0.3 is 16.0 Å². The molecule has 0 aromatic heterocycles. The lowest BCUT2D eigenvalue weighted by molar-refractivity contribution is -0.126. The standard InChI is InChI=1S/C14H27N3O/c1-2-17-7-6-11(10-17)9-16-14(18)13-5-3-4-12(13)8-15/h11-13H,2-10,15H2,1H3,(H,16,18). The molecular formula is C14H27N3O. The van der Waals surface area contributed by atoms with Crippen LogP contribution in [0.15, 0.2) is 0 Å². The molecule has 3 unspecified atom stereocenters. The average molecular weight is 253 g/mol. The van der Waals surface area contributed by atoms with Crippen LogP contribution in [0.2, 0.25) is 0 Å². The Bertz CT molecular complexity index is 282. The molecule has 4 nitrogen and oxygen atoms in total. The van der Waals surface area contributed by atoms with Crippen molar-refractivity contribution in [2.75, 3.05) is 32.7 Å². The van der Waals surface area contributed by atoms with Gasteiger partial charge in [-0.25, -0.2) is 0 Å². The third-order valence-corrected chi connectivity index (χ3v) is 4.68. The van der Waals surface area contributed by atoms with Crippen LogP contribution in [-0.2, 0) is 4.79 Å². The van der Waals surface area contributed by atoms with Crippen LogP contribution in [-0.4, -0.2) is 43.5 Å². The number of nitrogens with zero attached hydrogens (tertiary/aromatic N) is 1. The first-order valence-electron chi connectivity index (χ1n) is 7.44. The summed E-state index contributed by atoms with van der Waals surface area (Å²) in [7, 11) is 0. The number of carbonyl (C=O) groups excluding carboxylic acids is 1. The lowest BCUT2D eigenvalue weighted by Crippen LogP contribution is -2.38. The third kappa shape index (κ3) is 3.23. The molecule has 0 bridgehead atoms. The molecule has 3 N–H and O–H groups in total. The van der Waals surface area contributed by atoms with Crippen molar-refractivity contribution in [1.29, 1.82) is 0 Å². The van der Waals surface area contributed by atoms with Crippen LogP contribution in [0.3, 0.4) is 0 Å². The molecule has 0 aromatic carbocycles. The van der Waals surface area contributed by atoms with Gasteiger partial charge in [-0.3, -0.25) is 4.79 Å². The Labute approximate surface area is 110 Å². The van der Waals surface area contributed by atoms with Crippen LogP contribution in [0.4, 0.5) is 0 Å². The van der Waals surface area contributed by atoms with E-state index in [0.717, 1.165) is 38.9 Å². The van der Waals surface area contributed by atoms with E-state index >= 15 is 0 Å². The van der Waals surface area contributed by atoms with Gasteiger partial charge in [-0.1, -0.05) is 13.3 Å². The van der Waals surface area contributed by atoms with Crippen molar-refractivity contribution in [3.8, 4) is 0 Å². The quantitative estimate of drug-likeness (QED) is 0.762. The minimum absolute atomic E-state index is 0.179.